The zero-order chi connectivity index (χ0) is 45.2. The van der Waals surface area contributed by atoms with Crippen molar-refractivity contribution >= 4 is 24.0 Å². The number of pyridine rings is 1. The van der Waals surface area contributed by atoms with Crippen LogP contribution in [0.25, 0.3) is 0 Å². The van der Waals surface area contributed by atoms with Crippen molar-refractivity contribution in [1.29, 1.82) is 0 Å². The molecule has 3 saturated heterocycles. The summed E-state index contributed by atoms with van der Waals surface area (Å²) in [6, 6.07) is 8.94. The highest BCUT2D eigenvalue weighted by atomic mass is 19.1. The van der Waals surface area contributed by atoms with E-state index in [-0.39, 0.29) is 18.6 Å². The van der Waals surface area contributed by atoms with Crippen LogP contribution < -0.4 is 5.32 Å². The van der Waals surface area contributed by atoms with Crippen molar-refractivity contribution in [2.24, 2.45) is 16.7 Å². The van der Waals surface area contributed by atoms with Crippen molar-refractivity contribution in [3.63, 3.8) is 0 Å². The Morgan fingerprint density at radius 2 is 1.78 bits per heavy atom. The van der Waals surface area contributed by atoms with Crippen molar-refractivity contribution in [1.82, 2.24) is 15.2 Å². The molecule has 1 aromatic heterocycles. The minimum atomic E-state index is -2.23. The monoisotopic (exact) mass is 879 g/mol. The van der Waals surface area contributed by atoms with Gasteiger partial charge in [-0.2, -0.15) is 0 Å². The minimum Gasteiger partial charge on any atom is -0.456 e. The van der Waals surface area contributed by atoms with Crippen molar-refractivity contribution < 1.29 is 66.9 Å². The predicted octanol–water partition coefficient (Wildman–Crippen LogP) is 4.32. The number of halogens is 1. The molecule has 2 saturated carbocycles. The minimum absolute atomic E-state index is 0.0487. The van der Waals surface area contributed by atoms with Crippen LogP contribution in [0, 0.1) is 22.6 Å². The highest BCUT2D eigenvalue weighted by Crippen LogP contribution is 2.66. The zero-order valence-corrected chi connectivity index (χ0v) is 36.7. The summed E-state index contributed by atoms with van der Waals surface area (Å²) in [7, 11) is 0. The van der Waals surface area contributed by atoms with Crippen LogP contribution in [0.1, 0.15) is 96.2 Å². The number of carbonyl (C=O) groups is 4. The lowest BCUT2D eigenvalue weighted by atomic mass is 9.45. The molecule has 5 fully saturated rings. The van der Waals surface area contributed by atoms with Gasteiger partial charge in [0.1, 0.15) is 47.6 Å². The van der Waals surface area contributed by atoms with Gasteiger partial charge in [-0.1, -0.05) is 39.0 Å². The molecule has 8 rings (SSSR count). The number of amides is 1. The third-order valence-electron chi connectivity index (χ3n) is 14.4. The fraction of sp³-hybridized carbons (Fsp3) is 0.630. The van der Waals surface area contributed by atoms with Gasteiger partial charge in [0.05, 0.1) is 30.3 Å². The van der Waals surface area contributed by atoms with E-state index in [1.54, 1.807) is 51.1 Å². The number of ether oxygens (including phenoxy) is 7. The molecular weight excluding hydrogens is 822 g/mol. The van der Waals surface area contributed by atoms with Gasteiger partial charge in [0.25, 0.3) is 0 Å². The van der Waals surface area contributed by atoms with E-state index in [1.807, 2.05) is 20.8 Å². The van der Waals surface area contributed by atoms with Crippen molar-refractivity contribution in [2.75, 3.05) is 26.2 Å². The van der Waals surface area contributed by atoms with Crippen molar-refractivity contribution in [3.05, 3.63) is 76.9 Å². The highest BCUT2D eigenvalue weighted by molar-refractivity contribution is 5.89. The van der Waals surface area contributed by atoms with Gasteiger partial charge in [0.15, 0.2) is 18.0 Å². The van der Waals surface area contributed by atoms with Crippen LogP contribution in [-0.4, -0.2) is 131 Å². The molecule has 1 aromatic carbocycles. The van der Waals surface area contributed by atoms with E-state index in [0.29, 0.717) is 30.5 Å². The number of fused-ring (bicyclic) bond motifs is 8. The number of aliphatic hydroxyl groups is 2. The van der Waals surface area contributed by atoms with Crippen LogP contribution in [-0.2, 0) is 42.7 Å². The maximum atomic E-state index is 15.3. The average molecular weight is 880 g/mol. The Morgan fingerprint density at radius 1 is 1.05 bits per heavy atom. The average Bonchev–Trinajstić information content (AvgIpc) is 3.62. The molecule has 6 aliphatic rings. The zero-order valence-electron chi connectivity index (χ0n) is 36.7. The largest absolute Gasteiger partial charge is 0.456 e. The summed E-state index contributed by atoms with van der Waals surface area (Å²) in [4.78, 5) is 61.0. The Balaban J connectivity index is 1.27. The number of benzene rings is 1. The van der Waals surface area contributed by atoms with Gasteiger partial charge < -0.3 is 48.7 Å². The second-order valence-electron chi connectivity index (χ2n) is 18.9. The number of rotatable bonds is 11. The van der Waals surface area contributed by atoms with E-state index < -0.39 is 119 Å². The molecule has 3 aliphatic heterocycles. The molecule has 2 aromatic rings. The van der Waals surface area contributed by atoms with Crippen LogP contribution in [0.5, 0.6) is 0 Å². The number of hydrogen-bond acceptors (Lipinski definition) is 15. The molecule has 17 heteroatoms. The second-order valence-corrected chi connectivity index (χ2v) is 18.9. The van der Waals surface area contributed by atoms with E-state index in [9.17, 15) is 29.4 Å². The molecule has 4 heterocycles. The topological polar surface area (TPSA) is 202 Å². The van der Waals surface area contributed by atoms with Crippen LogP contribution in [0.3, 0.4) is 0 Å². The highest BCUT2D eigenvalue weighted by Gasteiger charge is 2.77. The third kappa shape index (κ3) is 7.71. The molecule has 12 atom stereocenters. The van der Waals surface area contributed by atoms with Gasteiger partial charge >= 0.3 is 24.0 Å². The number of aromatic nitrogens is 1. The second kappa shape index (κ2) is 16.8. The summed E-state index contributed by atoms with van der Waals surface area (Å²) in [6.07, 6.45) is -6.77. The first-order chi connectivity index (χ1) is 29.8. The molecule has 3 N–H and O–H groups in total. The standard InChI is InChI=1S/C46H58FN3O13/c1-24(2)58-42(55)49-34(33-28(47)15-11-18-48-33)35(52)41(54)59-29-21-46(56)39(62-40(53)27-13-9-8-10-14-27)37-44(7,17-16-30-45(37,23-57-30)63-26(4)51)38-36(32(25(29)3)43(46,5)6)60-31(61-38)22-50-19-12-20-50/h8-11,13-15,18,24,29-31,34-39,52,56H,12,16-17,19-23H2,1-7H3,(H,49,55)/t29-,30+,31+,34-,35+,36+,37-,38+,39-,44+,45-,46+/m0/s1. The van der Waals surface area contributed by atoms with Gasteiger partial charge in [0, 0.05) is 36.9 Å². The summed E-state index contributed by atoms with van der Waals surface area (Å²) in [5.74, 6) is -4.50. The molecule has 342 valence electrons. The normalized spacial score (nSPS) is 35.2. The Labute approximate surface area is 365 Å². The van der Waals surface area contributed by atoms with E-state index in [0.717, 1.165) is 25.6 Å². The van der Waals surface area contributed by atoms with Crippen LogP contribution >= 0.6 is 0 Å². The number of esters is 3. The summed E-state index contributed by atoms with van der Waals surface area (Å²) in [5.41, 5.74) is -5.02. The third-order valence-corrected chi connectivity index (χ3v) is 14.4. The first kappa shape index (κ1) is 45.1. The molecule has 0 spiro atoms. The Bertz CT molecular complexity index is 2130. The summed E-state index contributed by atoms with van der Waals surface area (Å²) < 4.78 is 59.7. The number of aliphatic hydroxyl groups excluding tert-OH is 1. The van der Waals surface area contributed by atoms with E-state index >= 15 is 4.39 Å². The van der Waals surface area contributed by atoms with E-state index in [1.165, 1.54) is 19.2 Å². The molecule has 63 heavy (non-hydrogen) atoms. The molecule has 0 unspecified atom stereocenters. The molecule has 3 aliphatic carbocycles. The number of hydrogen-bond donors (Lipinski definition) is 3. The molecule has 1 amide bonds. The Kier molecular flexibility index (Phi) is 12.0. The van der Waals surface area contributed by atoms with Gasteiger partial charge in [-0.25, -0.2) is 18.8 Å². The number of nitrogens with zero attached hydrogens (tertiary/aromatic N) is 2. The molecular formula is C46H58FN3O13. The van der Waals surface area contributed by atoms with Crippen LogP contribution in [0.15, 0.2) is 59.8 Å². The summed E-state index contributed by atoms with van der Waals surface area (Å²) >= 11 is 0. The summed E-state index contributed by atoms with van der Waals surface area (Å²) in [6.45, 7) is 14.0. The number of carbonyl (C=O) groups excluding carboxylic acids is 4. The Morgan fingerprint density at radius 3 is 2.40 bits per heavy atom. The number of nitrogens with one attached hydrogen (secondary N) is 1. The SMILES string of the molecule is CC(=O)O[C@@]12CO[C@@H]1CC[C@@]1(C)[C@@H]3O[C@H](CN4CCC4)O[C@@H]3C3=C(C)[C@@H](OC(=O)[C@H](O)[C@@H](NC(=O)OC(C)C)c4ncccc4F)C[C@@](O)([C@@H](OC(=O)c4ccccc4)[C@@H]12)C3(C)C. The van der Waals surface area contributed by atoms with Crippen LogP contribution in [0.2, 0.25) is 0 Å². The van der Waals surface area contributed by atoms with Gasteiger partial charge in [0.2, 0.25) is 0 Å². The quantitative estimate of drug-likeness (QED) is 0.164. The lowest BCUT2D eigenvalue weighted by molar-refractivity contribution is -0.345. The van der Waals surface area contributed by atoms with Crippen molar-refractivity contribution in [3.8, 4) is 0 Å². The van der Waals surface area contributed by atoms with E-state index in [4.69, 9.17) is 33.2 Å². The lowest BCUT2D eigenvalue weighted by Crippen LogP contribution is -2.79. The predicted molar refractivity (Wildman–Crippen MR) is 219 cm³/mol. The molecule has 0 radical (unpaired) electrons. The van der Waals surface area contributed by atoms with Crippen molar-refractivity contribution in [2.45, 2.75) is 140 Å². The fourth-order valence-electron chi connectivity index (χ4n) is 11.2. The first-order valence-electron chi connectivity index (χ1n) is 21.8. The smallest absolute Gasteiger partial charge is 0.408 e. The summed E-state index contributed by atoms with van der Waals surface area (Å²) in [5, 5.41) is 27.9. The molecule has 16 nitrogen and oxygen atoms in total. The van der Waals surface area contributed by atoms with E-state index in [2.05, 4.69) is 15.2 Å². The van der Waals surface area contributed by atoms with Gasteiger partial charge in [-0.05, 0) is 88.5 Å². The number of likely N-dealkylation sites (tertiary alicyclic amines) is 1. The Hall–Kier alpha value is -4.52. The fourth-order valence-corrected chi connectivity index (χ4v) is 11.2. The van der Waals surface area contributed by atoms with Gasteiger partial charge in [-0.3, -0.25) is 14.7 Å². The van der Waals surface area contributed by atoms with Crippen LogP contribution in [0.4, 0.5) is 9.18 Å². The molecule has 2 bridgehead atoms. The van der Waals surface area contributed by atoms with Gasteiger partial charge in [-0.15, -0.1) is 0 Å². The maximum absolute atomic E-state index is 15.3. The number of alkyl carbamates (subject to hydrolysis) is 1. The lowest BCUT2D eigenvalue weighted by Gasteiger charge is -2.68. The maximum Gasteiger partial charge on any atom is 0.408 e. The first-order valence-corrected chi connectivity index (χ1v) is 21.8.